The lowest BCUT2D eigenvalue weighted by atomic mass is 10.0. The lowest BCUT2D eigenvalue weighted by molar-refractivity contribution is 0.0948. The highest BCUT2D eigenvalue weighted by Crippen LogP contribution is 2.32. The van der Waals surface area contributed by atoms with Crippen molar-refractivity contribution in [2.24, 2.45) is 0 Å². The van der Waals surface area contributed by atoms with Gasteiger partial charge in [0, 0.05) is 29.9 Å². The number of H-pyrrole nitrogens is 1. The van der Waals surface area contributed by atoms with Crippen molar-refractivity contribution in [3.05, 3.63) is 83.4 Å². The molecule has 0 saturated heterocycles. The number of fused-ring (bicyclic) bond motifs is 1. The quantitative estimate of drug-likeness (QED) is 0.535. The van der Waals surface area contributed by atoms with Crippen LogP contribution in [0.1, 0.15) is 16.1 Å². The van der Waals surface area contributed by atoms with Gasteiger partial charge in [-0.1, -0.05) is 0 Å². The molecule has 0 saturated carbocycles. The third-order valence-electron chi connectivity index (χ3n) is 4.53. The zero-order valence-electron chi connectivity index (χ0n) is 15.0. The molecule has 0 fully saturated rings. The third-order valence-corrected chi connectivity index (χ3v) is 4.53. The third kappa shape index (κ3) is 3.82. The summed E-state index contributed by atoms with van der Waals surface area (Å²) in [7, 11) is 0. The van der Waals surface area contributed by atoms with Crippen LogP contribution in [-0.2, 0) is 6.42 Å². The monoisotopic (exact) mass is 396 g/mol. The summed E-state index contributed by atoms with van der Waals surface area (Å²) >= 11 is 0. The topological polar surface area (TPSA) is 70.7 Å². The zero-order valence-corrected chi connectivity index (χ0v) is 15.0. The van der Waals surface area contributed by atoms with Crippen LogP contribution < -0.4 is 5.32 Å². The first-order valence-corrected chi connectivity index (χ1v) is 8.84. The van der Waals surface area contributed by atoms with Crippen molar-refractivity contribution in [3.8, 4) is 11.3 Å². The molecule has 0 aliphatic rings. The first-order chi connectivity index (χ1) is 14.0. The second-order valence-electron chi connectivity index (χ2n) is 6.41. The summed E-state index contributed by atoms with van der Waals surface area (Å²) in [5.74, 6) is -2.23. The van der Waals surface area contributed by atoms with Crippen molar-refractivity contribution in [1.29, 1.82) is 0 Å². The van der Waals surface area contributed by atoms with Gasteiger partial charge in [-0.2, -0.15) is 5.10 Å². The molecular formula is C21H15F3N4O. The molecule has 0 atom stereocenters. The van der Waals surface area contributed by atoms with Gasteiger partial charge in [0.15, 0.2) is 5.69 Å². The van der Waals surface area contributed by atoms with Gasteiger partial charge in [0.05, 0.1) is 5.52 Å². The Morgan fingerprint density at radius 2 is 1.83 bits per heavy atom. The van der Waals surface area contributed by atoms with E-state index in [4.69, 9.17) is 0 Å². The number of rotatable bonds is 5. The van der Waals surface area contributed by atoms with Crippen LogP contribution in [0.25, 0.3) is 22.2 Å². The fraction of sp³-hybridized carbons (Fsp3) is 0.0952. The van der Waals surface area contributed by atoms with Crippen molar-refractivity contribution in [2.75, 3.05) is 6.54 Å². The van der Waals surface area contributed by atoms with Crippen molar-refractivity contribution >= 4 is 16.8 Å². The summed E-state index contributed by atoms with van der Waals surface area (Å²) in [4.78, 5) is 15.1. The number of carbonyl (C=O) groups excluding carboxylic acids is 1. The minimum Gasteiger partial charge on any atom is -0.352 e. The number of amides is 1. The van der Waals surface area contributed by atoms with Gasteiger partial charge < -0.3 is 10.3 Å². The van der Waals surface area contributed by atoms with E-state index in [-0.39, 0.29) is 17.8 Å². The summed E-state index contributed by atoms with van der Waals surface area (Å²) in [5, 5.41) is 10.5. The van der Waals surface area contributed by atoms with E-state index < -0.39 is 23.4 Å². The Labute approximate surface area is 163 Å². The summed E-state index contributed by atoms with van der Waals surface area (Å²) in [5.41, 5.74) is 2.10. The van der Waals surface area contributed by atoms with Crippen LogP contribution in [0.15, 0.2) is 54.7 Å². The molecule has 29 heavy (non-hydrogen) atoms. The maximum absolute atomic E-state index is 14.3. The molecule has 0 aliphatic heterocycles. The molecule has 5 nitrogen and oxygen atoms in total. The van der Waals surface area contributed by atoms with E-state index in [1.807, 2.05) is 0 Å². The van der Waals surface area contributed by atoms with Crippen LogP contribution in [0.5, 0.6) is 0 Å². The molecule has 0 spiro atoms. The number of aromatic nitrogens is 3. The number of nitrogens with zero attached hydrogens (tertiary/aromatic N) is 2. The van der Waals surface area contributed by atoms with Crippen LogP contribution in [0.4, 0.5) is 13.2 Å². The van der Waals surface area contributed by atoms with Crippen molar-refractivity contribution in [3.63, 3.8) is 0 Å². The highest BCUT2D eigenvalue weighted by molar-refractivity contribution is 5.93. The molecule has 0 unspecified atom stereocenters. The predicted octanol–water partition coefficient (Wildman–Crippen LogP) is 4.01. The average molecular weight is 396 g/mol. The van der Waals surface area contributed by atoms with Gasteiger partial charge in [0.2, 0.25) is 0 Å². The predicted molar refractivity (Wildman–Crippen MR) is 102 cm³/mol. The first kappa shape index (κ1) is 18.7. The van der Waals surface area contributed by atoms with Crippen LogP contribution in [0, 0.1) is 17.5 Å². The Morgan fingerprint density at radius 3 is 2.55 bits per heavy atom. The normalized spacial score (nSPS) is 11.0. The van der Waals surface area contributed by atoms with Gasteiger partial charge in [0.1, 0.15) is 17.5 Å². The minimum absolute atomic E-state index is 0.154. The van der Waals surface area contributed by atoms with E-state index >= 15 is 0 Å². The highest BCUT2D eigenvalue weighted by Gasteiger charge is 2.17. The Kier molecular flexibility index (Phi) is 4.99. The Balaban J connectivity index is 1.67. The second-order valence-corrected chi connectivity index (χ2v) is 6.41. The first-order valence-electron chi connectivity index (χ1n) is 8.84. The molecular weight excluding hydrogens is 381 g/mol. The van der Waals surface area contributed by atoms with E-state index in [9.17, 15) is 18.0 Å². The fourth-order valence-electron chi connectivity index (χ4n) is 3.21. The SMILES string of the molecule is O=C(NCCc1c(-c2ccc(F)cc2)[nH]c2c(F)cc(F)cc12)c1cccnn1. The Morgan fingerprint density at radius 1 is 1.03 bits per heavy atom. The molecule has 8 heteroatoms. The molecule has 4 aromatic rings. The van der Waals surface area contributed by atoms with Gasteiger partial charge in [-0.15, -0.1) is 5.10 Å². The standard InChI is InChI=1S/C21H15F3N4O/c22-13-5-3-12(4-6-13)19-15(16-10-14(23)11-17(24)20(16)27-19)7-9-25-21(29)18-2-1-8-26-28-18/h1-6,8,10-11,27H,7,9H2,(H,25,29). The fourth-order valence-corrected chi connectivity index (χ4v) is 3.21. The molecule has 0 radical (unpaired) electrons. The van der Waals surface area contributed by atoms with Gasteiger partial charge in [-0.25, -0.2) is 13.2 Å². The van der Waals surface area contributed by atoms with Gasteiger partial charge >= 0.3 is 0 Å². The van der Waals surface area contributed by atoms with E-state index in [0.29, 0.717) is 28.6 Å². The maximum Gasteiger partial charge on any atom is 0.271 e. The Bertz CT molecular complexity index is 1170. The van der Waals surface area contributed by atoms with Crippen molar-refractivity contribution in [1.82, 2.24) is 20.5 Å². The number of halogens is 3. The molecule has 146 valence electrons. The second kappa shape index (κ2) is 7.75. The summed E-state index contributed by atoms with van der Waals surface area (Å²) in [6.07, 6.45) is 1.75. The van der Waals surface area contributed by atoms with E-state index in [2.05, 4.69) is 20.5 Å². The number of carbonyl (C=O) groups is 1. The number of benzene rings is 2. The van der Waals surface area contributed by atoms with Crippen molar-refractivity contribution in [2.45, 2.75) is 6.42 Å². The molecule has 2 aromatic heterocycles. The summed E-state index contributed by atoms with van der Waals surface area (Å²) in [6.45, 7) is 0.203. The minimum atomic E-state index is -0.724. The largest absolute Gasteiger partial charge is 0.352 e. The van der Waals surface area contributed by atoms with Crippen molar-refractivity contribution < 1.29 is 18.0 Å². The number of nitrogens with one attached hydrogen (secondary N) is 2. The summed E-state index contributed by atoms with van der Waals surface area (Å²) in [6, 6.07) is 10.8. The molecule has 2 aromatic carbocycles. The van der Waals surface area contributed by atoms with Crippen LogP contribution >= 0.6 is 0 Å². The van der Waals surface area contributed by atoms with Crippen LogP contribution in [0.2, 0.25) is 0 Å². The maximum atomic E-state index is 14.3. The van der Waals surface area contributed by atoms with Crippen LogP contribution in [-0.4, -0.2) is 27.6 Å². The smallest absolute Gasteiger partial charge is 0.271 e. The van der Waals surface area contributed by atoms with E-state index in [1.165, 1.54) is 30.5 Å². The molecule has 2 N–H and O–H groups in total. The molecule has 0 aliphatic carbocycles. The zero-order chi connectivity index (χ0) is 20.4. The Hall–Kier alpha value is -3.68. The molecule has 0 bridgehead atoms. The van der Waals surface area contributed by atoms with Gasteiger partial charge in [-0.3, -0.25) is 4.79 Å². The van der Waals surface area contributed by atoms with E-state index in [1.54, 1.807) is 18.2 Å². The van der Waals surface area contributed by atoms with E-state index in [0.717, 1.165) is 6.07 Å². The molecule has 1 amide bonds. The number of aromatic amines is 1. The highest BCUT2D eigenvalue weighted by atomic mass is 19.1. The lowest BCUT2D eigenvalue weighted by Gasteiger charge is -2.07. The molecule has 2 heterocycles. The molecule has 4 rings (SSSR count). The van der Waals surface area contributed by atoms with Gasteiger partial charge in [0.25, 0.3) is 5.91 Å². The lowest BCUT2D eigenvalue weighted by Crippen LogP contribution is -2.26. The van der Waals surface area contributed by atoms with Gasteiger partial charge in [-0.05, 0) is 60.0 Å². The summed E-state index contributed by atoms with van der Waals surface area (Å²) < 4.78 is 41.4. The average Bonchev–Trinajstić information content (AvgIpc) is 3.08. The number of hydrogen-bond donors (Lipinski definition) is 2. The number of hydrogen-bond acceptors (Lipinski definition) is 3. The van der Waals surface area contributed by atoms with Crippen LogP contribution in [0.3, 0.4) is 0 Å².